The highest BCUT2D eigenvalue weighted by atomic mass is 16.5. The molecule has 0 aliphatic carbocycles. The Morgan fingerprint density at radius 3 is 2.71 bits per heavy atom. The van der Waals surface area contributed by atoms with Gasteiger partial charge < -0.3 is 15.4 Å². The number of rotatable bonds is 5. The van der Waals surface area contributed by atoms with Crippen molar-refractivity contribution in [2.45, 2.75) is 39.2 Å². The molecular weight excluding hydrogens is 264 g/mol. The Morgan fingerprint density at radius 2 is 2.10 bits per heavy atom. The summed E-state index contributed by atoms with van der Waals surface area (Å²) in [6.07, 6.45) is 1.68. The molecule has 0 spiro atoms. The lowest BCUT2D eigenvalue weighted by atomic mass is 9.76. The summed E-state index contributed by atoms with van der Waals surface area (Å²) in [7, 11) is 0. The number of nitrogens with one attached hydrogen (secondary N) is 2. The number of piperidine rings is 1. The standard InChI is InChI=1S/C17H26N2O2/c1-4-14-12-18-11-10-17(14,16(20)21-5-2)19-15-8-6-13(3)7-9-15/h6-9,14,18-19H,4-5,10-12H2,1-3H3. The maximum Gasteiger partial charge on any atom is 0.332 e. The van der Waals surface area contributed by atoms with E-state index in [1.165, 1.54) is 5.56 Å². The summed E-state index contributed by atoms with van der Waals surface area (Å²) >= 11 is 0. The molecule has 0 radical (unpaired) electrons. The molecule has 2 atom stereocenters. The highest BCUT2D eigenvalue weighted by molar-refractivity contribution is 5.85. The molecular formula is C17H26N2O2. The summed E-state index contributed by atoms with van der Waals surface area (Å²) in [5.41, 5.74) is 1.57. The predicted molar refractivity (Wildman–Crippen MR) is 85.4 cm³/mol. The number of carbonyl (C=O) groups excluding carboxylic acids is 1. The number of hydrogen-bond acceptors (Lipinski definition) is 4. The summed E-state index contributed by atoms with van der Waals surface area (Å²) < 4.78 is 5.38. The molecule has 1 fully saturated rings. The van der Waals surface area contributed by atoms with Crippen LogP contribution in [0.25, 0.3) is 0 Å². The molecule has 0 aromatic heterocycles. The minimum absolute atomic E-state index is 0.126. The van der Waals surface area contributed by atoms with Crippen LogP contribution in [0.15, 0.2) is 24.3 Å². The molecule has 21 heavy (non-hydrogen) atoms. The Hall–Kier alpha value is -1.55. The minimum Gasteiger partial charge on any atom is -0.464 e. The van der Waals surface area contributed by atoms with Crippen LogP contribution >= 0.6 is 0 Å². The molecule has 1 aromatic rings. The molecule has 2 N–H and O–H groups in total. The number of hydrogen-bond donors (Lipinski definition) is 2. The van der Waals surface area contributed by atoms with Gasteiger partial charge in [0.25, 0.3) is 0 Å². The van der Waals surface area contributed by atoms with E-state index in [1.807, 2.05) is 19.1 Å². The molecule has 116 valence electrons. The van der Waals surface area contributed by atoms with Gasteiger partial charge in [0.05, 0.1) is 6.61 Å². The van der Waals surface area contributed by atoms with E-state index in [0.717, 1.165) is 31.6 Å². The van der Waals surface area contributed by atoms with E-state index in [2.05, 4.69) is 36.6 Å². The SMILES string of the molecule is CCOC(=O)C1(Nc2ccc(C)cc2)CCNCC1CC. The molecule has 2 rings (SSSR count). The van der Waals surface area contributed by atoms with E-state index < -0.39 is 5.54 Å². The minimum atomic E-state index is -0.620. The van der Waals surface area contributed by atoms with Gasteiger partial charge in [0.15, 0.2) is 0 Å². The Labute approximate surface area is 127 Å². The van der Waals surface area contributed by atoms with Gasteiger partial charge in [-0.05, 0) is 45.4 Å². The molecule has 1 aliphatic rings. The lowest BCUT2D eigenvalue weighted by Gasteiger charge is -2.43. The van der Waals surface area contributed by atoms with Crippen molar-refractivity contribution in [3.63, 3.8) is 0 Å². The van der Waals surface area contributed by atoms with Crippen molar-refractivity contribution in [2.75, 3.05) is 25.0 Å². The topological polar surface area (TPSA) is 50.4 Å². The second-order valence-electron chi connectivity index (χ2n) is 5.74. The van der Waals surface area contributed by atoms with Gasteiger partial charge in [0, 0.05) is 18.2 Å². The molecule has 4 heteroatoms. The quantitative estimate of drug-likeness (QED) is 0.819. The average molecular weight is 290 g/mol. The van der Waals surface area contributed by atoms with Gasteiger partial charge in [0.2, 0.25) is 0 Å². The van der Waals surface area contributed by atoms with Crippen LogP contribution in [0.1, 0.15) is 32.3 Å². The third-order valence-corrected chi connectivity index (χ3v) is 4.34. The van der Waals surface area contributed by atoms with Crippen molar-refractivity contribution in [3.05, 3.63) is 29.8 Å². The lowest BCUT2D eigenvalue weighted by molar-refractivity contribution is -0.151. The Kier molecular flexibility index (Phi) is 5.23. The summed E-state index contributed by atoms with van der Waals surface area (Å²) in [6, 6.07) is 8.18. The van der Waals surface area contributed by atoms with Crippen LogP contribution < -0.4 is 10.6 Å². The number of ether oxygens (including phenoxy) is 1. The molecule has 1 aromatic carbocycles. The Morgan fingerprint density at radius 1 is 1.38 bits per heavy atom. The van der Waals surface area contributed by atoms with Crippen molar-refractivity contribution in [1.29, 1.82) is 0 Å². The number of aryl methyl sites for hydroxylation is 1. The van der Waals surface area contributed by atoms with Crippen LogP contribution in [0.5, 0.6) is 0 Å². The third-order valence-electron chi connectivity index (χ3n) is 4.34. The molecule has 0 saturated carbocycles. The number of anilines is 1. The van der Waals surface area contributed by atoms with E-state index in [4.69, 9.17) is 4.74 Å². The first-order valence-electron chi connectivity index (χ1n) is 7.85. The van der Waals surface area contributed by atoms with Gasteiger partial charge in [-0.25, -0.2) is 4.79 Å². The molecule has 0 amide bonds. The van der Waals surface area contributed by atoms with Crippen LogP contribution in [-0.4, -0.2) is 31.2 Å². The highest BCUT2D eigenvalue weighted by Crippen LogP contribution is 2.32. The van der Waals surface area contributed by atoms with Crippen molar-refractivity contribution in [2.24, 2.45) is 5.92 Å². The lowest BCUT2D eigenvalue weighted by Crippen LogP contribution is -2.60. The zero-order chi connectivity index (χ0) is 15.3. The largest absolute Gasteiger partial charge is 0.464 e. The smallest absolute Gasteiger partial charge is 0.332 e. The summed E-state index contributed by atoms with van der Waals surface area (Å²) in [5.74, 6) is 0.102. The van der Waals surface area contributed by atoms with E-state index >= 15 is 0 Å². The maximum atomic E-state index is 12.6. The van der Waals surface area contributed by atoms with Crippen molar-refractivity contribution in [1.82, 2.24) is 5.32 Å². The van der Waals surface area contributed by atoms with Gasteiger partial charge in [-0.2, -0.15) is 0 Å². The zero-order valence-electron chi connectivity index (χ0n) is 13.2. The number of esters is 1. The molecule has 2 unspecified atom stereocenters. The fourth-order valence-electron chi connectivity index (χ4n) is 3.07. The zero-order valence-corrected chi connectivity index (χ0v) is 13.2. The molecule has 4 nitrogen and oxygen atoms in total. The normalized spacial score (nSPS) is 25.4. The van der Waals surface area contributed by atoms with Gasteiger partial charge in [-0.1, -0.05) is 24.6 Å². The molecule has 1 heterocycles. The molecule has 1 aliphatic heterocycles. The van der Waals surface area contributed by atoms with Crippen LogP contribution in [0.4, 0.5) is 5.69 Å². The second-order valence-corrected chi connectivity index (χ2v) is 5.74. The van der Waals surface area contributed by atoms with E-state index in [1.54, 1.807) is 0 Å². The number of carbonyl (C=O) groups is 1. The van der Waals surface area contributed by atoms with E-state index in [0.29, 0.717) is 6.61 Å². The van der Waals surface area contributed by atoms with Crippen LogP contribution in [0.2, 0.25) is 0 Å². The van der Waals surface area contributed by atoms with Gasteiger partial charge >= 0.3 is 5.97 Å². The third kappa shape index (κ3) is 3.38. The van der Waals surface area contributed by atoms with Crippen LogP contribution in [0.3, 0.4) is 0 Å². The van der Waals surface area contributed by atoms with Crippen LogP contribution in [0, 0.1) is 12.8 Å². The first-order valence-corrected chi connectivity index (χ1v) is 7.85. The van der Waals surface area contributed by atoms with Gasteiger partial charge in [-0.3, -0.25) is 0 Å². The van der Waals surface area contributed by atoms with E-state index in [-0.39, 0.29) is 11.9 Å². The fourth-order valence-corrected chi connectivity index (χ4v) is 3.07. The van der Waals surface area contributed by atoms with Crippen molar-refractivity contribution < 1.29 is 9.53 Å². The summed E-state index contributed by atoms with van der Waals surface area (Å²) in [4.78, 5) is 12.6. The first kappa shape index (κ1) is 15.8. The summed E-state index contributed by atoms with van der Waals surface area (Å²) in [5, 5.41) is 6.88. The van der Waals surface area contributed by atoms with Crippen LogP contribution in [-0.2, 0) is 9.53 Å². The maximum absolute atomic E-state index is 12.6. The Bertz CT molecular complexity index is 472. The van der Waals surface area contributed by atoms with Gasteiger partial charge in [-0.15, -0.1) is 0 Å². The molecule has 0 bridgehead atoms. The van der Waals surface area contributed by atoms with E-state index in [9.17, 15) is 4.79 Å². The molecule has 1 saturated heterocycles. The van der Waals surface area contributed by atoms with Gasteiger partial charge in [0.1, 0.15) is 5.54 Å². The van der Waals surface area contributed by atoms with Crippen molar-refractivity contribution >= 4 is 11.7 Å². The second kappa shape index (κ2) is 6.94. The first-order chi connectivity index (χ1) is 10.1. The van der Waals surface area contributed by atoms with Crippen molar-refractivity contribution in [3.8, 4) is 0 Å². The average Bonchev–Trinajstić information content (AvgIpc) is 2.50. The fraction of sp³-hybridized carbons (Fsp3) is 0.588. The Balaban J connectivity index is 2.30. The predicted octanol–water partition coefficient (Wildman–Crippen LogP) is 2.73. The number of benzene rings is 1. The monoisotopic (exact) mass is 290 g/mol. The summed E-state index contributed by atoms with van der Waals surface area (Å²) in [6.45, 7) is 8.13. The highest BCUT2D eigenvalue weighted by Gasteiger charge is 2.47.